The van der Waals surface area contributed by atoms with Crippen LogP contribution in [0.2, 0.25) is 0 Å². The highest BCUT2D eigenvalue weighted by Gasteiger charge is 2.30. The largest absolute Gasteiger partial charge is 0.484 e. The van der Waals surface area contributed by atoms with Gasteiger partial charge in [-0.25, -0.2) is 13.2 Å². The Labute approximate surface area is 169 Å². The molecule has 0 saturated heterocycles. The Morgan fingerprint density at radius 1 is 1.07 bits per heavy atom. The van der Waals surface area contributed by atoms with Crippen molar-refractivity contribution < 1.29 is 27.5 Å². The van der Waals surface area contributed by atoms with Crippen LogP contribution in [0.4, 0.5) is 0 Å². The Kier molecular flexibility index (Phi) is 6.33. The third-order valence-corrected chi connectivity index (χ3v) is 5.84. The fourth-order valence-electron chi connectivity index (χ4n) is 2.96. The maximum Gasteiger partial charge on any atom is 0.337 e. The van der Waals surface area contributed by atoms with E-state index in [0.29, 0.717) is 11.3 Å². The van der Waals surface area contributed by atoms with Crippen molar-refractivity contribution in [1.82, 2.24) is 4.90 Å². The van der Waals surface area contributed by atoms with Crippen LogP contribution in [-0.2, 0) is 25.9 Å². The second-order valence-corrected chi connectivity index (χ2v) is 8.47. The predicted octanol–water partition coefficient (Wildman–Crippen LogP) is 2.19. The van der Waals surface area contributed by atoms with E-state index in [1.807, 2.05) is 30.3 Å². The quantitative estimate of drug-likeness (QED) is 0.644. The number of methoxy groups -OCH3 is 1. The molecule has 1 amide bonds. The molecule has 1 heterocycles. The van der Waals surface area contributed by atoms with E-state index in [9.17, 15) is 18.0 Å². The van der Waals surface area contributed by atoms with Gasteiger partial charge in [-0.15, -0.1) is 0 Å². The first kappa shape index (κ1) is 20.6. The van der Waals surface area contributed by atoms with E-state index in [-0.39, 0.29) is 24.8 Å². The summed E-state index contributed by atoms with van der Waals surface area (Å²) < 4.78 is 33.8. The van der Waals surface area contributed by atoms with Crippen LogP contribution < -0.4 is 4.74 Å². The fourth-order valence-corrected chi connectivity index (χ4v) is 4.26. The van der Waals surface area contributed by atoms with Gasteiger partial charge in [0.25, 0.3) is 5.91 Å². The number of nitrogens with zero attached hydrogens (tertiary/aromatic N) is 1. The van der Waals surface area contributed by atoms with Gasteiger partial charge in [0.15, 0.2) is 16.4 Å². The first-order valence-corrected chi connectivity index (χ1v) is 10.6. The van der Waals surface area contributed by atoms with Crippen LogP contribution in [0.5, 0.6) is 5.75 Å². The van der Waals surface area contributed by atoms with Crippen molar-refractivity contribution in [1.29, 1.82) is 0 Å². The lowest BCUT2D eigenvalue weighted by molar-refractivity contribution is -0.135. The van der Waals surface area contributed by atoms with Crippen molar-refractivity contribution in [3.63, 3.8) is 0 Å². The van der Waals surface area contributed by atoms with Gasteiger partial charge in [0.2, 0.25) is 0 Å². The minimum absolute atomic E-state index is 0.139. The molecule has 8 heteroatoms. The number of benzene rings is 2. The lowest BCUT2D eigenvalue weighted by Gasteiger charge is -2.27. The van der Waals surface area contributed by atoms with Crippen LogP contribution in [-0.4, -0.2) is 50.7 Å². The van der Waals surface area contributed by atoms with E-state index >= 15 is 0 Å². The average molecular weight is 415 g/mol. The second-order valence-electron chi connectivity index (χ2n) is 6.54. The van der Waals surface area contributed by atoms with E-state index < -0.39 is 21.8 Å². The standard InChI is InChI=1S/C21H21NO6S/c1-27-21(24)17-7-9-19(10-8-17)28-14-20(23)22(13-16-5-3-2-4-6-16)18-11-12-29(25,26)15-18/h2-12,18H,13-15H2,1H3/t18-/m1/s1. The molecule has 1 aliphatic rings. The molecule has 0 spiro atoms. The predicted molar refractivity (Wildman–Crippen MR) is 107 cm³/mol. The molecule has 7 nitrogen and oxygen atoms in total. The smallest absolute Gasteiger partial charge is 0.337 e. The lowest BCUT2D eigenvalue weighted by atomic mass is 10.1. The third-order valence-electron chi connectivity index (χ3n) is 4.47. The summed E-state index contributed by atoms with van der Waals surface area (Å²) in [6.45, 7) is 0.0175. The molecule has 0 N–H and O–H groups in total. The molecule has 0 aliphatic carbocycles. The van der Waals surface area contributed by atoms with Crippen LogP contribution in [0.25, 0.3) is 0 Å². The summed E-state index contributed by atoms with van der Waals surface area (Å²) in [6.07, 6.45) is 1.53. The number of rotatable bonds is 7. The minimum atomic E-state index is -3.31. The number of carbonyl (C=O) groups excluding carboxylic acids is 2. The van der Waals surface area contributed by atoms with Crippen molar-refractivity contribution >= 4 is 21.7 Å². The zero-order valence-corrected chi connectivity index (χ0v) is 16.7. The van der Waals surface area contributed by atoms with Gasteiger partial charge in [-0.2, -0.15) is 0 Å². The molecular formula is C21H21NO6S. The molecule has 0 fully saturated rings. The van der Waals surface area contributed by atoms with Gasteiger partial charge in [-0.3, -0.25) is 4.79 Å². The lowest BCUT2D eigenvalue weighted by Crippen LogP contribution is -2.42. The first-order chi connectivity index (χ1) is 13.9. The van der Waals surface area contributed by atoms with Crippen molar-refractivity contribution in [2.24, 2.45) is 0 Å². The maximum absolute atomic E-state index is 12.8. The SMILES string of the molecule is COC(=O)c1ccc(OCC(=O)N(Cc2ccccc2)[C@@H]2C=CS(=O)(=O)C2)cc1. The Hall–Kier alpha value is -3.13. The second kappa shape index (κ2) is 8.91. The minimum Gasteiger partial charge on any atom is -0.484 e. The van der Waals surface area contributed by atoms with Crippen molar-refractivity contribution in [3.8, 4) is 5.75 Å². The molecular weight excluding hydrogens is 394 g/mol. The summed E-state index contributed by atoms with van der Waals surface area (Å²) in [5, 5.41) is 1.15. The fraction of sp³-hybridized carbons (Fsp3) is 0.238. The van der Waals surface area contributed by atoms with Crippen LogP contribution in [0, 0.1) is 0 Å². The average Bonchev–Trinajstić information content (AvgIpc) is 3.10. The number of hydrogen-bond acceptors (Lipinski definition) is 6. The molecule has 0 aromatic heterocycles. The summed E-state index contributed by atoms with van der Waals surface area (Å²) >= 11 is 0. The van der Waals surface area contributed by atoms with Gasteiger partial charge in [0.05, 0.1) is 24.5 Å². The molecule has 152 valence electrons. The molecule has 0 radical (unpaired) electrons. The Morgan fingerprint density at radius 2 is 1.76 bits per heavy atom. The highest BCUT2D eigenvalue weighted by molar-refractivity contribution is 7.94. The Balaban J connectivity index is 1.69. The van der Waals surface area contributed by atoms with Gasteiger partial charge in [-0.1, -0.05) is 30.3 Å². The van der Waals surface area contributed by atoms with Gasteiger partial charge in [0, 0.05) is 12.0 Å². The van der Waals surface area contributed by atoms with Crippen molar-refractivity contribution in [3.05, 3.63) is 77.2 Å². The van der Waals surface area contributed by atoms with Gasteiger partial charge >= 0.3 is 5.97 Å². The number of sulfone groups is 1. The normalized spacial score (nSPS) is 16.9. The van der Waals surface area contributed by atoms with Crippen LogP contribution >= 0.6 is 0 Å². The van der Waals surface area contributed by atoms with E-state index in [1.54, 1.807) is 24.3 Å². The number of ether oxygens (including phenoxy) is 2. The maximum atomic E-state index is 12.8. The van der Waals surface area contributed by atoms with Gasteiger partial charge < -0.3 is 14.4 Å². The Morgan fingerprint density at radius 3 is 2.34 bits per heavy atom. The van der Waals surface area contributed by atoms with E-state index in [2.05, 4.69) is 4.74 Å². The summed E-state index contributed by atoms with van der Waals surface area (Å²) in [5.41, 5.74) is 1.26. The van der Waals surface area contributed by atoms with E-state index in [0.717, 1.165) is 11.0 Å². The van der Waals surface area contributed by atoms with Crippen LogP contribution in [0.1, 0.15) is 15.9 Å². The summed E-state index contributed by atoms with van der Waals surface area (Å²) in [4.78, 5) is 25.8. The molecule has 3 rings (SSSR count). The van der Waals surface area contributed by atoms with E-state index in [1.165, 1.54) is 18.1 Å². The van der Waals surface area contributed by atoms with Crippen LogP contribution in [0.3, 0.4) is 0 Å². The van der Waals surface area contributed by atoms with E-state index in [4.69, 9.17) is 4.74 Å². The Bertz CT molecular complexity index is 999. The topological polar surface area (TPSA) is 90.0 Å². The molecule has 2 aromatic rings. The number of amides is 1. The third kappa shape index (κ3) is 5.45. The van der Waals surface area contributed by atoms with Gasteiger partial charge in [-0.05, 0) is 35.9 Å². The van der Waals surface area contributed by atoms with Crippen molar-refractivity contribution in [2.45, 2.75) is 12.6 Å². The molecule has 0 unspecified atom stereocenters. The molecule has 1 aliphatic heterocycles. The summed E-state index contributed by atoms with van der Waals surface area (Å²) in [7, 11) is -2.01. The van der Waals surface area contributed by atoms with Gasteiger partial charge in [0.1, 0.15) is 5.75 Å². The summed E-state index contributed by atoms with van der Waals surface area (Å²) in [5.74, 6) is -0.520. The summed E-state index contributed by atoms with van der Waals surface area (Å²) in [6, 6.07) is 15.0. The first-order valence-electron chi connectivity index (χ1n) is 8.93. The molecule has 0 bridgehead atoms. The molecule has 0 saturated carbocycles. The van der Waals surface area contributed by atoms with Crippen LogP contribution in [0.15, 0.2) is 66.1 Å². The highest BCUT2D eigenvalue weighted by Crippen LogP contribution is 2.19. The zero-order chi connectivity index (χ0) is 20.9. The molecule has 1 atom stereocenters. The highest BCUT2D eigenvalue weighted by atomic mass is 32.2. The molecule has 29 heavy (non-hydrogen) atoms. The number of hydrogen-bond donors (Lipinski definition) is 0. The monoisotopic (exact) mass is 415 g/mol. The zero-order valence-electron chi connectivity index (χ0n) is 15.9. The van der Waals surface area contributed by atoms with Crippen molar-refractivity contribution in [2.75, 3.05) is 19.5 Å². The number of esters is 1. The molecule has 2 aromatic carbocycles. The number of carbonyl (C=O) groups is 2.